The summed E-state index contributed by atoms with van der Waals surface area (Å²) in [6.07, 6.45) is 6.37. The first-order valence-electron chi connectivity index (χ1n) is 5.81. The molecule has 1 aliphatic rings. The number of anilines is 1. The molecule has 1 N–H and O–H groups in total. The summed E-state index contributed by atoms with van der Waals surface area (Å²) < 4.78 is 5.06. The lowest BCUT2D eigenvalue weighted by Gasteiger charge is -2.13. The molecule has 0 spiro atoms. The second-order valence-corrected chi connectivity index (χ2v) is 4.60. The fourth-order valence-electron chi connectivity index (χ4n) is 2.16. The molecular formula is C11H19N3O. The molecule has 0 aliphatic heterocycles. The molecule has 0 amide bonds. The van der Waals surface area contributed by atoms with E-state index in [1.165, 1.54) is 32.1 Å². The van der Waals surface area contributed by atoms with Crippen LogP contribution in [0.1, 0.15) is 44.9 Å². The normalized spacial score (nSPS) is 27.3. The SMILES string of the molecule is Cc1noc(NC2CCCC(C)CC2)n1. The van der Waals surface area contributed by atoms with Gasteiger partial charge in [0.25, 0.3) is 0 Å². The van der Waals surface area contributed by atoms with Crippen LogP contribution in [0.25, 0.3) is 0 Å². The van der Waals surface area contributed by atoms with Gasteiger partial charge in [0.05, 0.1) is 0 Å². The predicted molar refractivity (Wildman–Crippen MR) is 58.7 cm³/mol. The Morgan fingerprint density at radius 1 is 1.27 bits per heavy atom. The van der Waals surface area contributed by atoms with Gasteiger partial charge in [0.2, 0.25) is 0 Å². The first kappa shape index (κ1) is 10.5. The van der Waals surface area contributed by atoms with Crippen molar-refractivity contribution in [3.8, 4) is 0 Å². The van der Waals surface area contributed by atoms with Crippen LogP contribution in [0.2, 0.25) is 0 Å². The molecule has 4 heteroatoms. The van der Waals surface area contributed by atoms with Crippen molar-refractivity contribution in [2.75, 3.05) is 5.32 Å². The highest BCUT2D eigenvalue weighted by molar-refractivity contribution is 5.20. The van der Waals surface area contributed by atoms with E-state index in [0.717, 1.165) is 5.92 Å². The topological polar surface area (TPSA) is 51.0 Å². The standard InChI is InChI=1S/C11H19N3O/c1-8-4-3-5-10(7-6-8)13-11-12-9(2)14-15-11/h8,10H,3-7H2,1-2H3,(H,12,13,14). The average Bonchev–Trinajstić information content (AvgIpc) is 2.48. The summed E-state index contributed by atoms with van der Waals surface area (Å²) in [5.74, 6) is 1.56. The molecule has 0 saturated heterocycles. The quantitative estimate of drug-likeness (QED) is 0.761. The Kier molecular flexibility index (Phi) is 3.23. The molecule has 0 aromatic carbocycles. The molecule has 0 radical (unpaired) electrons. The van der Waals surface area contributed by atoms with Crippen LogP contribution in [0, 0.1) is 12.8 Å². The van der Waals surface area contributed by atoms with Crippen LogP contribution < -0.4 is 5.32 Å². The number of rotatable bonds is 2. The van der Waals surface area contributed by atoms with Crippen LogP contribution in [0.3, 0.4) is 0 Å². The number of nitrogens with zero attached hydrogens (tertiary/aromatic N) is 2. The third kappa shape index (κ3) is 2.94. The molecule has 2 atom stereocenters. The average molecular weight is 209 g/mol. The molecule has 1 fully saturated rings. The molecule has 0 bridgehead atoms. The van der Waals surface area contributed by atoms with Crippen LogP contribution in [-0.4, -0.2) is 16.2 Å². The summed E-state index contributed by atoms with van der Waals surface area (Å²) in [4.78, 5) is 4.17. The van der Waals surface area contributed by atoms with Gasteiger partial charge in [-0.2, -0.15) is 4.98 Å². The van der Waals surface area contributed by atoms with E-state index in [9.17, 15) is 0 Å². The maximum Gasteiger partial charge on any atom is 0.321 e. The highest BCUT2D eigenvalue weighted by Gasteiger charge is 2.17. The van der Waals surface area contributed by atoms with Gasteiger partial charge in [-0.3, -0.25) is 0 Å². The van der Waals surface area contributed by atoms with Crippen LogP contribution in [0.5, 0.6) is 0 Å². The number of nitrogens with one attached hydrogen (secondary N) is 1. The molecule has 1 aliphatic carbocycles. The fourth-order valence-corrected chi connectivity index (χ4v) is 2.16. The van der Waals surface area contributed by atoms with E-state index in [-0.39, 0.29) is 0 Å². The van der Waals surface area contributed by atoms with Crippen molar-refractivity contribution in [1.29, 1.82) is 0 Å². The summed E-state index contributed by atoms with van der Waals surface area (Å²) in [5.41, 5.74) is 0. The number of aryl methyl sites for hydroxylation is 1. The van der Waals surface area contributed by atoms with Crippen LogP contribution in [-0.2, 0) is 0 Å². The van der Waals surface area contributed by atoms with E-state index in [4.69, 9.17) is 4.52 Å². The van der Waals surface area contributed by atoms with Crippen LogP contribution in [0.15, 0.2) is 4.52 Å². The molecule has 15 heavy (non-hydrogen) atoms. The molecule has 2 unspecified atom stereocenters. The van der Waals surface area contributed by atoms with Crippen molar-refractivity contribution in [3.05, 3.63) is 5.82 Å². The molecule has 1 saturated carbocycles. The Labute approximate surface area is 90.4 Å². The Morgan fingerprint density at radius 3 is 2.87 bits per heavy atom. The Hall–Kier alpha value is -1.06. The summed E-state index contributed by atoms with van der Waals surface area (Å²) in [6, 6.07) is 1.09. The third-order valence-corrected chi connectivity index (χ3v) is 3.11. The minimum Gasteiger partial charge on any atom is -0.335 e. The molecule has 2 rings (SSSR count). The van der Waals surface area contributed by atoms with Crippen molar-refractivity contribution in [1.82, 2.24) is 10.1 Å². The van der Waals surface area contributed by atoms with E-state index in [1.807, 2.05) is 6.92 Å². The summed E-state index contributed by atoms with van der Waals surface area (Å²) in [5, 5.41) is 7.09. The van der Waals surface area contributed by atoms with Gasteiger partial charge in [-0.05, 0) is 32.1 Å². The van der Waals surface area contributed by atoms with Crippen LogP contribution >= 0.6 is 0 Å². The maximum atomic E-state index is 5.06. The van der Waals surface area contributed by atoms with Gasteiger partial charge in [-0.25, -0.2) is 0 Å². The summed E-state index contributed by atoms with van der Waals surface area (Å²) in [6.45, 7) is 4.17. The Bertz CT molecular complexity index is 311. The van der Waals surface area contributed by atoms with Gasteiger partial charge in [-0.15, -0.1) is 0 Å². The second kappa shape index (κ2) is 4.64. The van der Waals surface area contributed by atoms with E-state index < -0.39 is 0 Å². The minimum absolute atomic E-state index is 0.509. The number of hydrogen-bond donors (Lipinski definition) is 1. The molecule has 1 heterocycles. The van der Waals surface area contributed by atoms with E-state index >= 15 is 0 Å². The molecule has 4 nitrogen and oxygen atoms in total. The molecule has 1 aromatic heterocycles. The lowest BCUT2D eigenvalue weighted by Crippen LogP contribution is -2.18. The number of hydrogen-bond acceptors (Lipinski definition) is 4. The lowest BCUT2D eigenvalue weighted by atomic mass is 10.0. The van der Waals surface area contributed by atoms with Crippen LogP contribution in [0.4, 0.5) is 6.01 Å². The first-order valence-corrected chi connectivity index (χ1v) is 5.81. The molecule has 84 valence electrons. The minimum atomic E-state index is 0.509. The zero-order valence-corrected chi connectivity index (χ0v) is 9.49. The lowest BCUT2D eigenvalue weighted by molar-refractivity contribution is 0.417. The van der Waals surface area contributed by atoms with Crippen molar-refractivity contribution in [2.45, 2.75) is 52.0 Å². The van der Waals surface area contributed by atoms with E-state index in [2.05, 4.69) is 22.4 Å². The number of aromatic nitrogens is 2. The first-order chi connectivity index (χ1) is 7.24. The van der Waals surface area contributed by atoms with Gasteiger partial charge in [0.15, 0.2) is 5.82 Å². The largest absolute Gasteiger partial charge is 0.335 e. The Balaban J connectivity index is 1.88. The van der Waals surface area contributed by atoms with Crippen molar-refractivity contribution >= 4 is 6.01 Å². The monoisotopic (exact) mass is 209 g/mol. The molecule has 1 aromatic rings. The van der Waals surface area contributed by atoms with Gasteiger partial charge >= 0.3 is 6.01 Å². The third-order valence-electron chi connectivity index (χ3n) is 3.11. The zero-order chi connectivity index (χ0) is 10.7. The smallest absolute Gasteiger partial charge is 0.321 e. The predicted octanol–water partition coefficient (Wildman–Crippen LogP) is 2.76. The van der Waals surface area contributed by atoms with Gasteiger partial charge < -0.3 is 9.84 Å². The molecular weight excluding hydrogens is 190 g/mol. The van der Waals surface area contributed by atoms with Gasteiger partial charge in [0, 0.05) is 6.04 Å². The highest BCUT2D eigenvalue weighted by atomic mass is 16.5. The van der Waals surface area contributed by atoms with Crippen molar-refractivity contribution in [2.24, 2.45) is 5.92 Å². The summed E-state index contributed by atoms with van der Waals surface area (Å²) >= 11 is 0. The van der Waals surface area contributed by atoms with Gasteiger partial charge in [-0.1, -0.05) is 24.9 Å². The van der Waals surface area contributed by atoms with E-state index in [0.29, 0.717) is 17.9 Å². The van der Waals surface area contributed by atoms with Gasteiger partial charge in [0.1, 0.15) is 0 Å². The Morgan fingerprint density at radius 2 is 2.13 bits per heavy atom. The second-order valence-electron chi connectivity index (χ2n) is 4.60. The van der Waals surface area contributed by atoms with Crippen molar-refractivity contribution < 1.29 is 4.52 Å². The van der Waals surface area contributed by atoms with E-state index in [1.54, 1.807) is 0 Å². The maximum absolute atomic E-state index is 5.06. The zero-order valence-electron chi connectivity index (χ0n) is 9.49. The highest BCUT2D eigenvalue weighted by Crippen LogP contribution is 2.24. The fraction of sp³-hybridized carbons (Fsp3) is 0.818. The summed E-state index contributed by atoms with van der Waals surface area (Å²) in [7, 11) is 0. The van der Waals surface area contributed by atoms with Crippen molar-refractivity contribution in [3.63, 3.8) is 0 Å².